The van der Waals surface area contributed by atoms with Crippen LogP contribution in [0.1, 0.15) is 0 Å². The first-order valence-corrected chi connectivity index (χ1v) is 4.40. The lowest BCUT2D eigenvalue weighted by atomic mass is 10.3. The summed E-state index contributed by atoms with van der Waals surface area (Å²) in [6, 6.07) is 8.73. The Morgan fingerprint density at radius 1 is 1.47 bits per heavy atom. The quantitative estimate of drug-likeness (QED) is 0.574. The minimum Gasteiger partial charge on any atom is -0.410 e. The van der Waals surface area contributed by atoms with E-state index in [4.69, 9.17) is 15.9 Å². The van der Waals surface area contributed by atoms with E-state index >= 15 is 0 Å². The second-order valence-electron chi connectivity index (χ2n) is 3.06. The van der Waals surface area contributed by atoms with Crippen molar-refractivity contribution in [3.05, 3.63) is 30.3 Å². The second-order valence-corrected chi connectivity index (χ2v) is 3.06. The number of ether oxygens (including phenoxy) is 1. The first-order valence-electron chi connectivity index (χ1n) is 4.40. The lowest BCUT2D eigenvalue weighted by molar-refractivity contribution is 0.168. The highest BCUT2D eigenvalue weighted by Crippen LogP contribution is 2.09. The van der Waals surface area contributed by atoms with Crippen molar-refractivity contribution in [2.24, 2.45) is 5.73 Å². The number of hydrogen-bond donors (Lipinski definition) is 2. The molecule has 1 amide bonds. The van der Waals surface area contributed by atoms with Crippen molar-refractivity contribution in [1.82, 2.24) is 4.90 Å². The smallest absolute Gasteiger partial charge is 0.410 e. The molecule has 3 N–H and O–H groups in total. The number of nitrogens with one attached hydrogen (secondary N) is 1. The Kier molecular flexibility index (Phi) is 3.68. The summed E-state index contributed by atoms with van der Waals surface area (Å²) >= 11 is 0. The van der Waals surface area contributed by atoms with Gasteiger partial charge in [0.15, 0.2) is 0 Å². The number of carbonyl (C=O) groups excluding carboxylic acids is 1. The number of nitrogens with zero attached hydrogens (tertiary/aromatic N) is 1. The summed E-state index contributed by atoms with van der Waals surface area (Å²) in [5.41, 5.74) is 5.16. The Morgan fingerprint density at radius 3 is 2.60 bits per heavy atom. The normalized spacial score (nSPS) is 9.40. The van der Waals surface area contributed by atoms with Gasteiger partial charge in [-0.2, -0.15) is 0 Å². The Morgan fingerprint density at radius 2 is 2.07 bits per heavy atom. The molecule has 15 heavy (non-hydrogen) atoms. The van der Waals surface area contributed by atoms with Crippen LogP contribution in [-0.4, -0.2) is 30.4 Å². The second kappa shape index (κ2) is 4.99. The first-order chi connectivity index (χ1) is 7.09. The SMILES string of the molecule is CN(CC(=N)N)C(=O)Oc1ccccc1. The monoisotopic (exact) mass is 207 g/mol. The van der Waals surface area contributed by atoms with Gasteiger partial charge >= 0.3 is 6.09 Å². The van der Waals surface area contributed by atoms with Gasteiger partial charge in [-0.05, 0) is 12.1 Å². The molecule has 0 aliphatic carbocycles. The van der Waals surface area contributed by atoms with Crippen LogP contribution < -0.4 is 10.5 Å². The van der Waals surface area contributed by atoms with Crippen LogP contribution in [0.25, 0.3) is 0 Å². The predicted octanol–water partition coefficient (Wildman–Crippen LogP) is 1.05. The molecule has 1 aromatic carbocycles. The van der Waals surface area contributed by atoms with Crippen molar-refractivity contribution in [2.45, 2.75) is 0 Å². The van der Waals surface area contributed by atoms with E-state index in [-0.39, 0.29) is 12.4 Å². The molecule has 5 nitrogen and oxygen atoms in total. The Bertz CT molecular complexity index is 351. The first kappa shape index (κ1) is 11.0. The number of amides is 1. The molecule has 0 atom stereocenters. The molecular formula is C10H13N3O2. The van der Waals surface area contributed by atoms with Crippen molar-refractivity contribution in [3.63, 3.8) is 0 Å². The number of rotatable bonds is 3. The van der Waals surface area contributed by atoms with E-state index in [2.05, 4.69) is 0 Å². The molecule has 0 heterocycles. The minimum absolute atomic E-state index is 0.0612. The Balaban J connectivity index is 2.52. The molecule has 5 heteroatoms. The molecule has 0 saturated carbocycles. The van der Waals surface area contributed by atoms with Crippen LogP contribution in [-0.2, 0) is 0 Å². The standard InChI is InChI=1S/C10H13N3O2/c1-13(7-9(11)12)10(14)15-8-5-3-2-4-6-8/h2-6H,7H2,1H3,(H3,11,12). The number of benzene rings is 1. The van der Waals surface area contributed by atoms with Crippen LogP contribution in [0.4, 0.5) is 4.79 Å². The largest absolute Gasteiger partial charge is 0.415 e. The zero-order chi connectivity index (χ0) is 11.3. The van der Waals surface area contributed by atoms with Crippen LogP contribution >= 0.6 is 0 Å². The van der Waals surface area contributed by atoms with Crippen LogP contribution in [0.2, 0.25) is 0 Å². The maximum Gasteiger partial charge on any atom is 0.415 e. The zero-order valence-electron chi connectivity index (χ0n) is 8.43. The topological polar surface area (TPSA) is 79.4 Å². The van der Waals surface area contributed by atoms with Crippen molar-refractivity contribution in [3.8, 4) is 5.75 Å². The molecule has 0 aliphatic heterocycles. The third kappa shape index (κ3) is 3.68. The summed E-state index contributed by atoms with van der Waals surface area (Å²) in [6.45, 7) is 0.0612. The molecular weight excluding hydrogens is 194 g/mol. The molecule has 1 aromatic rings. The van der Waals surface area contributed by atoms with Gasteiger partial charge in [-0.25, -0.2) is 4.79 Å². The fourth-order valence-corrected chi connectivity index (χ4v) is 0.987. The molecule has 0 aliphatic rings. The summed E-state index contributed by atoms with van der Waals surface area (Å²) in [5, 5.41) is 7.03. The summed E-state index contributed by atoms with van der Waals surface area (Å²) in [7, 11) is 1.52. The lowest BCUT2D eigenvalue weighted by Gasteiger charge is -2.15. The van der Waals surface area contributed by atoms with Crippen molar-refractivity contribution < 1.29 is 9.53 Å². The van der Waals surface area contributed by atoms with E-state index in [0.29, 0.717) is 5.75 Å². The third-order valence-corrected chi connectivity index (χ3v) is 1.67. The molecule has 0 fully saturated rings. The summed E-state index contributed by atoms with van der Waals surface area (Å²) < 4.78 is 5.01. The van der Waals surface area contributed by atoms with E-state index in [1.54, 1.807) is 24.3 Å². The van der Waals surface area contributed by atoms with Gasteiger partial charge < -0.3 is 15.4 Å². The van der Waals surface area contributed by atoms with Crippen LogP contribution in [0.15, 0.2) is 30.3 Å². The molecule has 0 unspecified atom stereocenters. The molecule has 0 saturated heterocycles. The number of likely N-dealkylation sites (N-methyl/N-ethyl adjacent to an activating group) is 1. The van der Waals surface area contributed by atoms with Gasteiger partial charge in [0, 0.05) is 7.05 Å². The zero-order valence-corrected chi connectivity index (χ0v) is 8.43. The number of amidine groups is 1. The Hall–Kier alpha value is -2.04. The minimum atomic E-state index is -0.531. The fourth-order valence-electron chi connectivity index (χ4n) is 0.987. The van der Waals surface area contributed by atoms with Gasteiger partial charge in [0.1, 0.15) is 11.6 Å². The van der Waals surface area contributed by atoms with E-state index in [1.165, 1.54) is 11.9 Å². The van der Waals surface area contributed by atoms with Crippen LogP contribution in [0.3, 0.4) is 0 Å². The van der Waals surface area contributed by atoms with Crippen molar-refractivity contribution >= 4 is 11.9 Å². The van der Waals surface area contributed by atoms with Gasteiger partial charge in [-0.3, -0.25) is 5.41 Å². The maximum atomic E-state index is 11.4. The average molecular weight is 207 g/mol. The summed E-state index contributed by atoms with van der Waals surface area (Å²) in [4.78, 5) is 12.6. The van der Waals surface area contributed by atoms with E-state index in [9.17, 15) is 4.79 Å². The number of para-hydroxylation sites is 1. The Labute approximate surface area is 88.0 Å². The maximum absolute atomic E-state index is 11.4. The highest BCUT2D eigenvalue weighted by molar-refractivity contribution is 5.83. The van der Waals surface area contributed by atoms with E-state index in [1.807, 2.05) is 6.07 Å². The van der Waals surface area contributed by atoms with Crippen molar-refractivity contribution in [1.29, 1.82) is 5.41 Å². The molecule has 0 aromatic heterocycles. The van der Waals surface area contributed by atoms with Crippen LogP contribution in [0, 0.1) is 5.41 Å². The molecule has 0 radical (unpaired) electrons. The molecule has 1 rings (SSSR count). The number of carbonyl (C=O) groups is 1. The molecule has 0 bridgehead atoms. The summed E-state index contributed by atoms with van der Waals surface area (Å²) in [5.74, 6) is 0.389. The van der Waals surface area contributed by atoms with Gasteiger partial charge in [-0.15, -0.1) is 0 Å². The number of hydrogen-bond acceptors (Lipinski definition) is 3. The fraction of sp³-hybridized carbons (Fsp3) is 0.200. The van der Waals surface area contributed by atoms with E-state index < -0.39 is 6.09 Å². The van der Waals surface area contributed by atoms with E-state index in [0.717, 1.165) is 0 Å². The summed E-state index contributed by atoms with van der Waals surface area (Å²) in [6.07, 6.45) is -0.531. The molecule has 80 valence electrons. The average Bonchev–Trinajstić information content (AvgIpc) is 2.18. The lowest BCUT2D eigenvalue weighted by Crippen LogP contribution is -2.36. The predicted molar refractivity (Wildman–Crippen MR) is 57.0 cm³/mol. The van der Waals surface area contributed by atoms with Gasteiger partial charge in [0.05, 0.1) is 6.54 Å². The van der Waals surface area contributed by atoms with Gasteiger partial charge in [0.25, 0.3) is 0 Å². The van der Waals surface area contributed by atoms with Gasteiger partial charge in [-0.1, -0.05) is 18.2 Å². The highest BCUT2D eigenvalue weighted by atomic mass is 16.6. The highest BCUT2D eigenvalue weighted by Gasteiger charge is 2.11. The third-order valence-electron chi connectivity index (χ3n) is 1.67. The molecule has 0 spiro atoms. The number of nitrogens with two attached hydrogens (primary N) is 1. The van der Waals surface area contributed by atoms with Crippen molar-refractivity contribution in [2.75, 3.05) is 13.6 Å². The van der Waals surface area contributed by atoms with Crippen LogP contribution in [0.5, 0.6) is 5.75 Å². The van der Waals surface area contributed by atoms with Gasteiger partial charge in [0.2, 0.25) is 0 Å².